The van der Waals surface area contributed by atoms with E-state index < -0.39 is 0 Å². The zero-order valence-electron chi connectivity index (χ0n) is 12.7. The maximum atomic E-state index is 12.6. The van der Waals surface area contributed by atoms with Gasteiger partial charge in [-0.15, -0.1) is 0 Å². The molecule has 1 aromatic rings. The summed E-state index contributed by atoms with van der Waals surface area (Å²) in [5.41, 5.74) is 1.19. The molecule has 1 saturated heterocycles. The van der Waals surface area contributed by atoms with Gasteiger partial charge >= 0.3 is 0 Å². The molecule has 1 fully saturated rings. The lowest BCUT2D eigenvalue weighted by Gasteiger charge is -2.26. The fraction of sp³-hybridized carbons (Fsp3) is 0.529. The molecule has 4 heteroatoms. The molecule has 1 aliphatic rings. The number of hydrogen-bond acceptors (Lipinski definition) is 3. The second-order valence-corrected chi connectivity index (χ2v) is 5.71. The van der Waals surface area contributed by atoms with Gasteiger partial charge in [-0.25, -0.2) is 0 Å². The lowest BCUT2D eigenvalue weighted by atomic mass is 9.92. The Kier molecular flexibility index (Phi) is 5.35. The topological polar surface area (TPSA) is 56.1 Å². The van der Waals surface area contributed by atoms with Crippen LogP contribution in [0.4, 0.5) is 0 Å². The van der Waals surface area contributed by atoms with Crippen LogP contribution in [0.1, 0.15) is 37.8 Å². The van der Waals surface area contributed by atoms with Gasteiger partial charge in [-0.3, -0.25) is 9.69 Å². The molecule has 0 bridgehead atoms. The molecule has 1 aromatic carbocycles. The molecule has 21 heavy (non-hydrogen) atoms. The van der Waals surface area contributed by atoms with E-state index in [1.807, 2.05) is 25.1 Å². The minimum absolute atomic E-state index is 0.0369. The third-order valence-corrected chi connectivity index (χ3v) is 4.30. The van der Waals surface area contributed by atoms with Gasteiger partial charge in [0.2, 0.25) is 5.91 Å². The van der Waals surface area contributed by atoms with Crippen LogP contribution in [0, 0.1) is 17.2 Å². The molecular formula is C17H23N3O. The molecule has 0 aromatic heterocycles. The average Bonchev–Trinajstić information content (AvgIpc) is 2.89. The predicted octanol–water partition coefficient (Wildman–Crippen LogP) is 2.49. The van der Waals surface area contributed by atoms with E-state index in [9.17, 15) is 4.79 Å². The number of benzene rings is 1. The minimum Gasteiger partial charge on any atom is -0.352 e. The van der Waals surface area contributed by atoms with Crippen molar-refractivity contribution in [3.8, 4) is 6.07 Å². The van der Waals surface area contributed by atoms with Crippen molar-refractivity contribution in [1.82, 2.24) is 10.2 Å². The fourth-order valence-corrected chi connectivity index (χ4v) is 3.07. The van der Waals surface area contributed by atoms with Crippen LogP contribution < -0.4 is 5.32 Å². The molecule has 0 aliphatic carbocycles. The second-order valence-electron chi connectivity index (χ2n) is 5.71. The Labute approximate surface area is 126 Å². The van der Waals surface area contributed by atoms with Gasteiger partial charge in [0, 0.05) is 12.1 Å². The number of rotatable bonds is 5. The zero-order valence-corrected chi connectivity index (χ0v) is 12.7. The van der Waals surface area contributed by atoms with E-state index in [-0.39, 0.29) is 23.9 Å². The van der Waals surface area contributed by atoms with Gasteiger partial charge in [0.05, 0.1) is 18.4 Å². The summed E-state index contributed by atoms with van der Waals surface area (Å²) in [6.07, 6.45) is 2.03. The van der Waals surface area contributed by atoms with Crippen molar-refractivity contribution in [2.24, 2.45) is 5.92 Å². The van der Waals surface area contributed by atoms with Gasteiger partial charge in [0.25, 0.3) is 0 Å². The van der Waals surface area contributed by atoms with Crippen molar-refractivity contribution in [3.05, 3.63) is 35.9 Å². The van der Waals surface area contributed by atoms with Crippen LogP contribution in [0.2, 0.25) is 0 Å². The van der Waals surface area contributed by atoms with Crippen molar-refractivity contribution in [1.29, 1.82) is 5.26 Å². The standard InChI is InChI=1S/C17H23N3O/c1-3-14(9-11-18)19-17(21)15-10-12-20(2)16(15)13-7-5-4-6-8-13/h4-8,14-16H,3,9-10,12H2,1-2H3,(H,19,21)/t14?,15-,16-/m1/s1. The first-order chi connectivity index (χ1) is 10.2. The Morgan fingerprint density at radius 3 is 2.81 bits per heavy atom. The fourth-order valence-electron chi connectivity index (χ4n) is 3.07. The van der Waals surface area contributed by atoms with Crippen LogP contribution in [-0.2, 0) is 4.79 Å². The Bertz CT molecular complexity index is 509. The molecule has 0 saturated carbocycles. The van der Waals surface area contributed by atoms with E-state index in [0.29, 0.717) is 6.42 Å². The van der Waals surface area contributed by atoms with Gasteiger partial charge in [0.15, 0.2) is 0 Å². The predicted molar refractivity (Wildman–Crippen MR) is 82.4 cm³/mol. The van der Waals surface area contributed by atoms with Gasteiger partial charge in [-0.1, -0.05) is 37.3 Å². The highest BCUT2D eigenvalue weighted by atomic mass is 16.2. The van der Waals surface area contributed by atoms with Crippen molar-refractivity contribution in [2.45, 2.75) is 38.3 Å². The van der Waals surface area contributed by atoms with E-state index in [1.165, 1.54) is 5.56 Å². The minimum atomic E-state index is -0.0372. The number of carbonyl (C=O) groups excluding carboxylic acids is 1. The van der Waals surface area contributed by atoms with Gasteiger partial charge < -0.3 is 5.32 Å². The second kappa shape index (κ2) is 7.24. The Morgan fingerprint density at radius 1 is 1.48 bits per heavy atom. The number of amides is 1. The molecule has 112 valence electrons. The highest BCUT2D eigenvalue weighted by Crippen LogP contribution is 2.36. The molecule has 1 aliphatic heterocycles. The quantitative estimate of drug-likeness (QED) is 0.904. The molecule has 0 spiro atoms. The van der Waals surface area contributed by atoms with Crippen LogP contribution in [-0.4, -0.2) is 30.4 Å². The lowest BCUT2D eigenvalue weighted by Crippen LogP contribution is -2.40. The highest BCUT2D eigenvalue weighted by Gasteiger charge is 2.38. The van der Waals surface area contributed by atoms with E-state index in [1.54, 1.807) is 0 Å². The summed E-state index contributed by atoms with van der Waals surface area (Å²) in [5.74, 6) is 0.0421. The monoisotopic (exact) mass is 285 g/mol. The molecule has 1 heterocycles. The first-order valence-corrected chi connectivity index (χ1v) is 7.59. The first kappa shape index (κ1) is 15.5. The molecule has 1 N–H and O–H groups in total. The van der Waals surface area contributed by atoms with Crippen molar-refractivity contribution in [3.63, 3.8) is 0 Å². The van der Waals surface area contributed by atoms with Crippen molar-refractivity contribution < 1.29 is 4.79 Å². The summed E-state index contributed by atoms with van der Waals surface area (Å²) < 4.78 is 0. The van der Waals surface area contributed by atoms with E-state index >= 15 is 0 Å². The average molecular weight is 285 g/mol. The summed E-state index contributed by atoms with van der Waals surface area (Å²) >= 11 is 0. The SMILES string of the molecule is CCC(CC#N)NC(=O)[C@@H]1CCN(C)[C@@H]1c1ccccc1. The van der Waals surface area contributed by atoms with Crippen LogP contribution in [0.3, 0.4) is 0 Å². The summed E-state index contributed by atoms with van der Waals surface area (Å²) in [6, 6.07) is 12.4. The third-order valence-electron chi connectivity index (χ3n) is 4.30. The number of nitriles is 1. The molecule has 3 atom stereocenters. The normalized spacial score (nSPS) is 23.5. The highest BCUT2D eigenvalue weighted by molar-refractivity contribution is 5.80. The Balaban J connectivity index is 2.11. The van der Waals surface area contributed by atoms with E-state index in [4.69, 9.17) is 5.26 Å². The maximum absolute atomic E-state index is 12.6. The van der Waals surface area contributed by atoms with Crippen LogP contribution in [0.5, 0.6) is 0 Å². The maximum Gasteiger partial charge on any atom is 0.225 e. The van der Waals surface area contributed by atoms with Crippen molar-refractivity contribution in [2.75, 3.05) is 13.6 Å². The van der Waals surface area contributed by atoms with Crippen LogP contribution in [0.15, 0.2) is 30.3 Å². The Morgan fingerprint density at radius 2 is 2.19 bits per heavy atom. The molecule has 2 rings (SSSR count). The smallest absolute Gasteiger partial charge is 0.225 e. The Hall–Kier alpha value is -1.86. The number of nitrogens with one attached hydrogen (secondary N) is 1. The van der Waals surface area contributed by atoms with Gasteiger partial charge in [0.1, 0.15) is 0 Å². The van der Waals surface area contributed by atoms with Gasteiger partial charge in [-0.05, 0) is 32.0 Å². The molecule has 0 radical (unpaired) electrons. The number of nitrogens with zero attached hydrogens (tertiary/aromatic N) is 2. The third kappa shape index (κ3) is 3.62. The zero-order chi connectivity index (χ0) is 15.2. The van der Waals surface area contributed by atoms with Gasteiger partial charge in [-0.2, -0.15) is 5.26 Å². The molecule has 4 nitrogen and oxygen atoms in total. The summed E-state index contributed by atoms with van der Waals surface area (Å²) in [6.45, 7) is 2.92. The number of hydrogen-bond donors (Lipinski definition) is 1. The summed E-state index contributed by atoms with van der Waals surface area (Å²) in [5, 5.41) is 11.9. The van der Waals surface area contributed by atoms with Crippen molar-refractivity contribution >= 4 is 5.91 Å². The van der Waals surface area contributed by atoms with Crippen LogP contribution >= 0.6 is 0 Å². The largest absolute Gasteiger partial charge is 0.352 e. The number of likely N-dealkylation sites (tertiary alicyclic amines) is 1. The first-order valence-electron chi connectivity index (χ1n) is 7.59. The number of carbonyl (C=O) groups is 1. The van der Waals surface area contributed by atoms with Crippen LogP contribution in [0.25, 0.3) is 0 Å². The van der Waals surface area contributed by atoms with E-state index in [2.05, 4.69) is 35.5 Å². The molecule has 1 amide bonds. The van der Waals surface area contributed by atoms with E-state index in [0.717, 1.165) is 19.4 Å². The molecular weight excluding hydrogens is 262 g/mol. The lowest BCUT2D eigenvalue weighted by molar-refractivity contribution is -0.126. The molecule has 1 unspecified atom stereocenters. The summed E-state index contributed by atoms with van der Waals surface area (Å²) in [4.78, 5) is 14.8. The summed E-state index contributed by atoms with van der Waals surface area (Å²) in [7, 11) is 2.07.